The zero-order chi connectivity index (χ0) is 87.9. The molecule has 0 aliphatic carbocycles. The lowest BCUT2D eigenvalue weighted by Crippen LogP contribution is -2.17. The fourth-order valence-electron chi connectivity index (χ4n) is 7.78. The van der Waals surface area contributed by atoms with Crippen LogP contribution in [-0.2, 0) is 61.9 Å². The fourth-order valence-corrected chi connectivity index (χ4v) is 7.78. The molecule has 116 heavy (non-hydrogen) atoms. The van der Waals surface area contributed by atoms with Crippen LogP contribution in [-0.4, -0.2) is 142 Å². The van der Waals surface area contributed by atoms with Crippen LogP contribution in [0.5, 0.6) is 0 Å². The lowest BCUT2D eigenvalue weighted by atomic mass is 10.1. The summed E-state index contributed by atoms with van der Waals surface area (Å²) in [5.41, 5.74) is 18.2. The summed E-state index contributed by atoms with van der Waals surface area (Å²) in [6.45, 7) is 10.7. The number of hydrogen-bond donors (Lipinski definition) is 8. The Balaban J connectivity index is 0.000000494. The number of amides is 3. The molecule has 8 rings (SSSR count). The van der Waals surface area contributed by atoms with Gasteiger partial charge in [0.05, 0.1) is 102 Å². The number of methoxy groups -OCH3 is 6. The Morgan fingerprint density at radius 1 is 0.491 bits per heavy atom. The number of nitrogens with two attached hydrogens (primary N) is 3. The maximum absolute atomic E-state index is 12.5. The van der Waals surface area contributed by atoms with Gasteiger partial charge < -0.3 is 76.5 Å². The molecule has 0 radical (unpaired) electrons. The van der Waals surface area contributed by atoms with Gasteiger partial charge in [0, 0.05) is 70.5 Å². The number of cyclic esters (lactones) is 1. The molecule has 3 amide bonds. The van der Waals surface area contributed by atoms with Gasteiger partial charge in [0.1, 0.15) is 40.9 Å². The number of nitrogen functional groups attached to an aromatic ring is 3. The monoisotopic (exact) mass is 1740 g/mol. The van der Waals surface area contributed by atoms with E-state index in [1.54, 1.807) is 38.1 Å². The number of carbonyl (C=O) groups is 12. The van der Waals surface area contributed by atoms with Crippen LogP contribution >= 0.6 is 31.9 Å². The number of hydrogen-bond acceptors (Lipinski definition) is 34. The van der Waals surface area contributed by atoms with Crippen molar-refractivity contribution < 1.29 is 116 Å². The Morgan fingerprint density at radius 3 is 1.04 bits per heavy atom. The summed E-state index contributed by atoms with van der Waals surface area (Å²) in [5.74, 6) is -6.63. The van der Waals surface area contributed by atoms with Crippen molar-refractivity contribution in [3.05, 3.63) is 251 Å². The van der Waals surface area contributed by atoms with Crippen LogP contribution in [0.3, 0.4) is 0 Å². The molecule has 7 aromatic rings. The summed E-state index contributed by atoms with van der Waals surface area (Å²) in [5, 5.41) is 73.5. The van der Waals surface area contributed by atoms with Crippen LogP contribution in [0.25, 0.3) is 0 Å². The van der Waals surface area contributed by atoms with Crippen molar-refractivity contribution in [2.75, 3.05) is 75.8 Å². The Hall–Kier alpha value is -14.8. The van der Waals surface area contributed by atoms with Gasteiger partial charge in [-0.1, -0.05) is 22.5 Å². The largest absolute Gasteiger partial charge is 0.510 e. The summed E-state index contributed by atoms with van der Waals surface area (Å²) < 4.78 is 31.5. The van der Waals surface area contributed by atoms with Gasteiger partial charge in [0.25, 0.3) is 28.9 Å². The number of azo groups is 2. The highest BCUT2D eigenvalue weighted by Crippen LogP contribution is 2.28. The minimum absolute atomic E-state index is 0.00258. The molecular formula is C74H75Br2N13O27. The number of carbonyl (C=O) groups excluding carboxylic acids is 12. The molecular weight excluding hydrogens is 1660 g/mol. The van der Waals surface area contributed by atoms with Gasteiger partial charge in [-0.25, -0.2) is 28.8 Å². The SMILES string of the molecule is C=C1CC(=O)O1.CC(=O)CC(=O)Nc1ccc([N+](=O)[O-])cc1.CC(C)(Br)C(=O)Br.COC(=O)c1ccc(C(=O)OC)c(N)c1.COC(=O)c1ccc(C(=O)OC)c(N=NC(C(=O)Nc2ccc(N)cc2)=C(C)O)c1.COC(=O)c1ccc(C(=O)OC)c(N=NC(C(=O)Nc2ccc([N+](=O)[O-])cc2)=C(C)O)c1.Nc1ccc([N+](=O)[O-])cc1. The number of ether oxygens (including phenoxy) is 7. The molecule has 0 saturated carbocycles. The molecule has 42 heteroatoms. The molecule has 7 aromatic carbocycles. The number of ketones is 1. The normalized spacial score (nSPS) is 11.2. The summed E-state index contributed by atoms with van der Waals surface area (Å²) in [4.78, 5) is 166. The van der Waals surface area contributed by atoms with Crippen molar-refractivity contribution in [2.45, 2.75) is 51.8 Å². The van der Waals surface area contributed by atoms with E-state index in [1.807, 2.05) is 0 Å². The number of alkyl halides is 1. The minimum atomic E-state index is -0.869. The van der Waals surface area contributed by atoms with Crippen LogP contribution < -0.4 is 33.2 Å². The number of nitro groups is 3. The zero-order valence-electron chi connectivity index (χ0n) is 63.3. The topological polar surface area (TPSA) is 603 Å². The van der Waals surface area contributed by atoms with Crippen LogP contribution in [0.1, 0.15) is 110 Å². The molecule has 0 unspecified atom stereocenters. The standard InChI is InChI=1S/C20H18N4O8.C20H20N4O6.C10H10N2O4.C10H11NO4.C6H6N2O2.C4H6Br2O.C4H4O2/c1-11(25)17(18(26)21-13-5-7-14(8-6-13)24(29)30)23-22-16-10-12(19(27)31-2)4-9-15(16)20(28)32-3;1-11(25)17(18(26)22-14-7-5-13(21)6-8-14)24-23-16-10-12(19(27)29-2)4-9-15(16)20(28)30-3;1-7(13)6-10(14)11-8-2-4-9(5-3-8)12(15)16;1-14-9(12)6-3-4-7(8(11)5-6)10(13)15-2;7-5-1-3-6(4-2-5)8(9)10;1-4(2,6)3(5)7;1-3-2-4(5)6-3/h4-10,25H,1-3H3,(H,21,26);4-10,25H,21H2,1-3H3,(H,22,26);2-5H,6H2,1H3,(H,11,14);3-5H,11H2,1-2H3;1-4H,7H2;1-2H3;1-2H2. The highest BCUT2D eigenvalue weighted by atomic mass is 79.9. The number of rotatable bonds is 21. The number of nitro benzene ring substituents is 3. The average molecular weight is 1740 g/mol. The van der Waals surface area contributed by atoms with E-state index < -0.39 is 95.5 Å². The Kier molecular flexibility index (Phi) is 40.3. The van der Waals surface area contributed by atoms with E-state index in [-0.39, 0.29) is 90.5 Å². The summed E-state index contributed by atoms with van der Waals surface area (Å²) in [6, 6.07) is 34.4. The Morgan fingerprint density at radius 2 is 0.776 bits per heavy atom. The lowest BCUT2D eigenvalue weighted by Gasteiger charge is -2.12. The molecule has 1 fully saturated rings. The molecule has 0 aromatic heterocycles. The average Bonchev–Trinajstić information content (AvgIpc) is 0.837. The molecule has 1 aliphatic rings. The lowest BCUT2D eigenvalue weighted by molar-refractivity contribution is -0.385. The van der Waals surface area contributed by atoms with E-state index in [2.05, 4.69) is 108 Å². The molecule has 40 nitrogen and oxygen atoms in total. The number of benzene rings is 7. The molecule has 1 aliphatic heterocycles. The number of aliphatic hydroxyl groups excluding tert-OH is 2. The maximum Gasteiger partial charge on any atom is 0.340 e. The van der Waals surface area contributed by atoms with E-state index in [9.17, 15) is 98.1 Å². The first-order valence-corrected chi connectivity index (χ1v) is 33.9. The van der Waals surface area contributed by atoms with Gasteiger partial charge in [0.15, 0.2) is 11.4 Å². The van der Waals surface area contributed by atoms with E-state index >= 15 is 0 Å². The number of halogens is 2. The number of aliphatic hydroxyl groups is 2. The number of esters is 7. The van der Waals surface area contributed by atoms with Gasteiger partial charge in [-0.2, -0.15) is 0 Å². The quantitative estimate of drug-likeness (QED) is 0.00283. The second-order valence-electron chi connectivity index (χ2n) is 22.8. The predicted octanol–water partition coefficient (Wildman–Crippen LogP) is 13.1. The van der Waals surface area contributed by atoms with E-state index in [4.69, 9.17) is 17.2 Å². The van der Waals surface area contributed by atoms with Crippen molar-refractivity contribution in [1.82, 2.24) is 0 Å². The first kappa shape index (κ1) is 97.2. The highest BCUT2D eigenvalue weighted by Gasteiger charge is 2.23. The highest BCUT2D eigenvalue weighted by molar-refractivity contribution is 9.20. The van der Waals surface area contributed by atoms with Gasteiger partial charge in [-0.15, -0.1) is 20.5 Å². The minimum Gasteiger partial charge on any atom is -0.510 e. The smallest absolute Gasteiger partial charge is 0.340 e. The van der Waals surface area contributed by atoms with Gasteiger partial charge in [-0.3, -0.25) is 59.1 Å². The second-order valence-corrected chi connectivity index (χ2v) is 25.5. The summed E-state index contributed by atoms with van der Waals surface area (Å²) in [7, 11) is 7.24. The zero-order valence-corrected chi connectivity index (χ0v) is 66.4. The Bertz CT molecular complexity index is 4920. The Labute approximate surface area is 675 Å². The predicted molar refractivity (Wildman–Crippen MR) is 424 cm³/mol. The summed E-state index contributed by atoms with van der Waals surface area (Å²) >= 11 is 5.96. The first-order chi connectivity index (χ1) is 54.4. The van der Waals surface area contributed by atoms with Crippen molar-refractivity contribution >= 4 is 164 Å². The number of allylic oxidation sites excluding steroid dienone is 2. The van der Waals surface area contributed by atoms with Crippen LogP contribution in [0.15, 0.2) is 207 Å². The van der Waals surface area contributed by atoms with Crippen molar-refractivity contribution in [1.29, 1.82) is 0 Å². The molecule has 1 heterocycles. The number of nitrogens with one attached hydrogen (secondary N) is 3. The number of anilines is 6. The van der Waals surface area contributed by atoms with Crippen LogP contribution in [0.2, 0.25) is 0 Å². The molecule has 612 valence electrons. The van der Waals surface area contributed by atoms with Crippen molar-refractivity contribution in [2.24, 2.45) is 20.5 Å². The third-order valence-electron chi connectivity index (χ3n) is 13.6. The molecule has 0 bridgehead atoms. The fraction of sp³-hybridized carbons (Fsp3) is 0.189. The number of non-ortho nitro benzene ring substituents is 3. The number of nitrogens with zero attached hydrogens (tertiary/aromatic N) is 7. The van der Waals surface area contributed by atoms with E-state index in [0.29, 0.717) is 40.5 Å². The molecule has 1 saturated heterocycles. The molecule has 0 atom stereocenters. The molecule has 0 spiro atoms. The van der Waals surface area contributed by atoms with Gasteiger partial charge in [0.2, 0.25) is 10.6 Å². The van der Waals surface area contributed by atoms with Crippen molar-refractivity contribution in [3.63, 3.8) is 0 Å². The van der Waals surface area contributed by atoms with E-state index in [1.165, 1.54) is 184 Å². The summed E-state index contributed by atoms with van der Waals surface area (Å²) in [6.07, 6.45) is 0.219. The van der Waals surface area contributed by atoms with Gasteiger partial charge in [-0.05, 0) is 166 Å². The van der Waals surface area contributed by atoms with E-state index in [0.717, 1.165) is 7.11 Å². The number of Topliss-reactive ketones (excluding diaryl/α,β-unsaturated/α-hetero) is 1. The third kappa shape index (κ3) is 33.8. The third-order valence-corrected chi connectivity index (χ3v) is 15.5. The molecule has 11 N–H and O–H groups in total. The maximum atomic E-state index is 12.5. The van der Waals surface area contributed by atoms with Crippen LogP contribution in [0, 0.1) is 30.3 Å². The van der Waals surface area contributed by atoms with Crippen LogP contribution in [0.4, 0.5) is 62.6 Å². The second kappa shape index (κ2) is 48.1. The van der Waals surface area contributed by atoms with Gasteiger partial charge >= 0.3 is 41.8 Å². The first-order valence-electron chi connectivity index (χ1n) is 32.3. The van der Waals surface area contributed by atoms with Crippen molar-refractivity contribution in [3.8, 4) is 0 Å².